The van der Waals surface area contributed by atoms with E-state index in [4.69, 9.17) is 0 Å². The Morgan fingerprint density at radius 2 is 2.17 bits per heavy atom. The first-order chi connectivity index (χ1) is 5.64. The number of hydrogen-bond donors (Lipinski definition) is 0. The minimum absolute atomic E-state index is 0.396. The predicted octanol–water partition coefficient (Wildman–Crippen LogP) is 4.14. The predicted molar refractivity (Wildman–Crippen MR) is 58.4 cm³/mol. The van der Waals surface area contributed by atoms with E-state index in [0.717, 1.165) is 0 Å². The molecule has 0 nitrogen and oxygen atoms in total. The molecule has 0 heterocycles. The van der Waals surface area contributed by atoms with Gasteiger partial charge in [0, 0.05) is 9.65 Å². The number of hydrogen-bond acceptors (Lipinski definition) is 1. The molecule has 1 heteroatoms. The van der Waals surface area contributed by atoms with E-state index >= 15 is 0 Å². The average molecular weight is 182 g/mol. The Hall–Kier alpha value is -0.170. The fourth-order valence-corrected chi connectivity index (χ4v) is 2.20. The summed E-state index contributed by atoms with van der Waals surface area (Å²) in [5.74, 6) is 0. The van der Waals surface area contributed by atoms with E-state index in [1.165, 1.54) is 24.2 Å². The molecule has 0 aliphatic heterocycles. The van der Waals surface area contributed by atoms with Crippen molar-refractivity contribution in [1.82, 2.24) is 0 Å². The second-order valence-corrected chi connectivity index (χ2v) is 5.58. The second-order valence-electron chi connectivity index (χ2n) is 3.80. The zero-order valence-electron chi connectivity index (χ0n) is 8.26. The van der Waals surface area contributed by atoms with Crippen LogP contribution in [0.15, 0.2) is 23.1 Å². The van der Waals surface area contributed by atoms with Crippen molar-refractivity contribution >= 4 is 11.8 Å². The third-order valence-electron chi connectivity index (χ3n) is 2.21. The van der Waals surface area contributed by atoms with Crippen LogP contribution in [0.5, 0.6) is 0 Å². The minimum Gasteiger partial charge on any atom is -0.120 e. The normalized spacial score (nSPS) is 17.8. The molecule has 0 atom stereocenters. The Bertz CT molecular complexity index is 199. The molecular weight excluding hydrogens is 164 g/mol. The van der Waals surface area contributed by atoms with Crippen LogP contribution in [0.2, 0.25) is 0 Å². The van der Waals surface area contributed by atoms with Gasteiger partial charge in [0.05, 0.1) is 0 Å². The standard InChI is InChI=1S/C11H18S/c1-4-11(2,3)12-10-8-6-5-7-9-10/h6,8-9H,4-5,7H2,1-3H3. The first kappa shape index (κ1) is 9.91. The summed E-state index contributed by atoms with van der Waals surface area (Å²) in [6.07, 6.45) is 10.5. The molecule has 0 fully saturated rings. The Labute approximate surface area is 80.1 Å². The van der Waals surface area contributed by atoms with E-state index in [0.29, 0.717) is 4.75 Å². The quantitative estimate of drug-likeness (QED) is 0.632. The first-order valence-corrected chi connectivity index (χ1v) is 5.51. The van der Waals surface area contributed by atoms with Crippen molar-refractivity contribution in [2.45, 2.75) is 44.8 Å². The van der Waals surface area contributed by atoms with Crippen LogP contribution in [-0.4, -0.2) is 4.75 Å². The number of thioether (sulfide) groups is 1. The molecule has 0 amide bonds. The van der Waals surface area contributed by atoms with E-state index < -0.39 is 0 Å². The lowest BCUT2D eigenvalue weighted by Gasteiger charge is -2.23. The van der Waals surface area contributed by atoms with Crippen LogP contribution in [0.25, 0.3) is 0 Å². The van der Waals surface area contributed by atoms with Crippen LogP contribution in [0, 0.1) is 0 Å². The summed E-state index contributed by atoms with van der Waals surface area (Å²) >= 11 is 2.00. The molecule has 0 aromatic heterocycles. The van der Waals surface area contributed by atoms with Gasteiger partial charge in [-0.05, 0) is 19.3 Å². The van der Waals surface area contributed by atoms with Crippen molar-refractivity contribution in [3.05, 3.63) is 23.1 Å². The summed E-state index contributed by atoms with van der Waals surface area (Å²) in [6.45, 7) is 6.86. The lowest BCUT2D eigenvalue weighted by atomic mass is 10.1. The molecule has 1 rings (SSSR count). The highest BCUT2D eigenvalue weighted by Crippen LogP contribution is 2.36. The van der Waals surface area contributed by atoms with Crippen molar-refractivity contribution in [3.8, 4) is 0 Å². The Kier molecular flexibility index (Phi) is 3.45. The summed E-state index contributed by atoms with van der Waals surface area (Å²) in [5, 5.41) is 0. The van der Waals surface area contributed by atoms with E-state index in [1.807, 2.05) is 11.8 Å². The largest absolute Gasteiger partial charge is 0.120 e. The van der Waals surface area contributed by atoms with Gasteiger partial charge in [0.25, 0.3) is 0 Å². The smallest absolute Gasteiger partial charge is 0.0148 e. The third-order valence-corrected chi connectivity index (χ3v) is 3.59. The van der Waals surface area contributed by atoms with Crippen LogP contribution < -0.4 is 0 Å². The summed E-state index contributed by atoms with van der Waals surface area (Å²) in [6, 6.07) is 0. The lowest BCUT2D eigenvalue weighted by Crippen LogP contribution is -2.12. The molecule has 0 aromatic rings. The Morgan fingerprint density at radius 3 is 2.67 bits per heavy atom. The first-order valence-electron chi connectivity index (χ1n) is 4.70. The minimum atomic E-state index is 0.396. The zero-order chi connectivity index (χ0) is 9.03. The molecular formula is C11H18S. The summed E-state index contributed by atoms with van der Waals surface area (Å²) < 4.78 is 0.396. The molecule has 0 N–H and O–H groups in total. The fourth-order valence-electron chi connectivity index (χ4n) is 1.06. The lowest BCUT2D eigenvalue weighted by molar-refractivity contribution is 0.687. The van der Waals surface area contributed by atoms with Crippen LogP contribution in [0.1, 0.15) is 40.0 Å². The third kappa shape index (κ3) is 3.06. The van der Waals surface area contributed by atoms with Gasteiger partial charge in [-0.25, -0.2) is 0 Å². The highest BCUT2D eigenvalue weighted by molar-refractivity contribution is 8.04. The molecule has 12 heavy (non-hydrogen) atoms. The molecule has 68 valence electrons. The van der Waals surface area contributed by atoms with Crippen LogP contribution in [0.4, 0.5) is 0 Å². The van der Waals surface area contributed by atoms with Gasteiger partial charge in [-0.1, -0.05) is 39.0 Å². The Morgan fingerprint density at radius 1 is 1.42 bits per heavy atom. The van der Waals surface area contributed by atoms with Crippen LogP contribution in [0.3, 0.4) is 0 Å². The van der Waals surface area contributed by atoms with Gasteiger partial charge >= 0.3 is 0 Å². The van der Waals surface area contributed by atoms with Crippen molar-refractivity contribution < 1.29 is 0 Å². The molecule has 0 saturated carbocycles. The molecule has 0 spiro atoms. The van der Waals surface area contributed by atoms with E-state index in [1.54, 1.807) is 0 Å². The van der Waals surface area contributed by atoms with Gasteiger partial charge in [-0.2, -0.15) is 0 Å². The van der Waals surface area contributed by atoms with Gasteiger partial charge in [-0.15, -0.1) is 11.8 Å². The van der Waals surface area contributed by atoms with Gasteiger partial charge in [0.2, 0.25) is 0 Å². The van der Waals surface area contributed by atoms with Crippen molar-refractivity contribution in [2.24, 2.45) is 0 Å². The maximum atomic E-state index is 2.35. The molecule has 1 aliphatic rings. The van der Waals surface area contributed by atoms with E-state index in [-0.39, 0.29) is 0 Å². The van der Waals surface area contributed by atoms with E-state index in [2.05, 4.69) is 39.0 Å². The monoisotopic (exact) mass is 182 g/mol. The maximum absolute atomic E-state index is 2.35. The Balaban J connectivity index is 2.50. The van der Waals surface area contributed by atoms with Gasteiger partial charge in [0.15, 0.2) is 0 Å². The highest BCUT2D eigenvalue weighted by Gasteiger charge is 2.17. The van der Waals surface area contributed by atoms with Gasteiger partial charge in [-0.3, -0.25) is 0 Å². The molecule has 0 bridgehead atoms. The molecule has 0 radical (unpaired) electrons. The molecule has 0 saturated heterocycles. The van der Waals surface area contributed by atoms with Crippen LogP contribution >= 0.6 is 11.8 Å². The van der Waals surface area contributed by atoms with Crippen molar-refractivity contribution in [3.63, 3.8) is 0 Å². The average Bonchev–Trinajstić information content (AvgIpc) is 2.06. The second kappa shape index (κ2) is 4.18. The number of rotatable bonds is 3. The summed E-state index contributed by atoms with van der Waals surface area (Å²) in [5.41, 5.74) is 0. The van der Waals surface area contributed by atoms with Gasteiger partial charge < -0.3 is 0 Å². The summed E-state index contributed by atoms with van der Waals surface area (Å²) in [7, 11) is 0. The van der Waals surface area contributed by atoms with Gasteiger partial charge in [0.1, 0.15) is 0 Å². The van der Waals surface area contributed by atoms with E-state index in [9.17, 15) is 0 Å². The molecule has 0 unspecified atom stereocenters. The number of allylic oxidation sites excluding steroid dienone is 3. The highest BCUT2D eigenvalue weighted by atomic mass is 32.2. The molecule has 0 aromatic carbocycles. The SMILES string of the molecule is CCC(C)(C)SC1=CCCC=C1. The maximum Gasteiger partial charge on any atom is 0.0148 e. The summed E-state index contributed by atoms with van der Waals surface area (Å²) in [4.78, 5) is 1.45. The van der Waals surface area contributed by atoms with Crippen LogP contribution in [-0.2, 0) is 0 Å². The van der Waals surface area contributed by atoms with Crippen molar-refractivity contribution in [1.29, 1.82) is 0 Å². The zero-order valence-corrected chi connectivity index (χ0v) is 9.08. The molecule has 1 aliphatic carbocycles. The topological polar surface area (TPSA) is 0 Å². The van der Waals surface area contributed by atoms with Crippen molar-refractivity contribution in [2.75, 3.05) is 0 Å². The fraction of sp³-hybridized carbons (Fsp3) is 0.636.